The molecule has 11 rings (SSSR count). The van der Waals surface area contributed by atoms with Gasteiger partial charge in [0, 0.05) is 44.1 Å². The Bertz CT molecular complexity index is 3180. The van der Waals surface area contributed by atoms with Crippen LogP contribution < -0.4 is 0 Å². The van der Waals surface area contributed by atoms with Gasteiger partial charge in [0.1, 0.15) is 0 Å². The number of nitrogens with zero attached hydrogens (tertiary/aromatic N) is 4. The predicted octanol–water partition coefficient (Wildman–Crippen LogP) is 13.1. The lowest BCUT2D eigenvalue weighted by molar-refractivity contribution is 1.08. The standard InChI is InChI=1S/C51H32N4/c1-3-16-35(17-4-1)49-52-50(36-18-5-2-6-19-36)54-51(53-49)47-43-25-12-10-22-40(43)39-21-9-11-24-42(39)46(47)34-27-30-37(31-28-34)55-45-26-14-13-23-41(45)44-32-29-33-15-7-8-20-38(33)48(44)55/h1-32H. The molecule has 0 atom stereocenters. The third-order valence-corrected chi connectivity index (χ3v) is 10.8. The lowest BCUT2D eigenvalue weighted by atomic mass is 9.87. The van der Waals surface area contributed by atoms with Gasteiger partial charge in [-0.3, -0.25) is 0 Å². The van der Waals surface area contributed by atoms with Crippen molar-refractivity contribution in [2.75, 3.05) is 0 Å². The summed E-state index contributed by atoms with van der Waals surface area (Å²) in [5.74, 6) is 1.92. The van der Waals surface area contributed by atoms with E-state index in [4.69, 9.17) is 15.0 Å². The molecule has 55 heavy (non-hydrogen) atoms. The molecule has 0 spiro atoms. The molecule has 0 aliphatic rings. The second-order valence-corrected chi connectivity index (χ2v) is 14.0. The summed E-state index contributed by atoms with van der Waals surface area (Å²) >= 11 is 0. The fraction of sp³-hybridized carbons (Fsp3) is 0. The highest BCUT2D eigenvalue weighted by atomic mass is 15.0. The van der Waals surface area contributed by atoms with Gasteiger partial charge in [0.2, 0.25) is 0 Å². The molecular weight excluding hydrogens is 669 g/mol. The average Bonchev–Trinajstić information content (AvgIpc) is 3.61. The van der Waals surface area contributed by atoms with Crippen LogP contribution >= 0.6 is 0 Å². The van der Waals surface area contributed by atoms with Crippen LogP contribution in [0.15, 0.2) is 194 Å². The minimum atomic E-state index is 0.640. The molecule has 0 saturated heterocycles. The van der Waals surface area contributed by atoms with Crippen molar-refractivity contribution in [3.8, 4) is 51.0 Å². The van der Waals surface area contributed by atoms with Crippen LogP contribution in [0, 0.1) is 0 Å². The fourth-order valence-electron chi connectivity index (χ4n) is 8.37. The molecule has 0 saturated carbocycles. The maximum absolute atomic E-state index is 5.27. The van der Waals surface area contributed by atoms with Crippen molar-refractivity contribution in [2.45, 2.75) is 0 Å². The summed E-state index contributed by atoms with van der Waals surface area (Å²) in [7, 11) is 0. The molecule has 0 radical (unpaired) electrons. The molecule has 4 nitrogen and oxygen atoms in total. The topological polar surface area (TPSA) is 43.6 Å². The van der Waals surface area contributed by atoms with Crippen molar-refractivity contribution in [3.05, 3.63) is 194 Å². The summed E-state index contributed by atoms with van der Waals surface area (Å²) in [4.78, 5) is 15.6. The van der Waals surface area contributed by atoms with Gasteiger partial charge in [-0.2, -0.15) is 0 Å². The van der Waals surface area contributed by atoms with Gasteiger partial charge in [-0.15, -0.1) is 0 Å². The first-order valence-electron chi connectivity index (χ1n) is 18.6. The van der Waals surface area contributed by atoms with Gasteiger partial charge in [-0.1, -0.05) is 176 Å². The van der Waals surface area contributed by atoms with Crippen LogP contribution in [0.4, 0.5) is 0 Å². The predicted molar refractivity (Wildman–Crippen MR) is 228 cm³/mol. The molecule has 256 valence electrons. The van der Waals surface area contributed by atoms with Gasteiger partial charge in [0.15, 0.2) is 17.5 Å². The summed E-state index contributed by atoms with van der Waals surface area (Å²) in [6.45, 7) is 0. The van der Waals surface area contributed by atoms with Gasteiger partial charge < -0.3 is 4.57 Å². The Balaban J connectivity index is 1.19. The third-order valence-electron chi connectivity index (χ3n) is 10.8. The number of rotatable bonds is 5. The molecule has 9 aromatic carbocycles. The van der Waals surface area contributed by atoms with Gasteiger partial charge in [0.25, 0.3) is 0 Å². The Labute approximate surface area is 317 Å². The molecule has 0 amide bonds. The number of para-hydroxylation sites is 1. The average molecular weight is 701 g/mol. The molecule has 0 unspecified atom stereocenters. The van der Waals surface area contributed by atoms with Crippen LogP contribution in [0.25, 0.3) is 105 Å². The highest BCUT2D eigenvalue weighted by Crippen LogP contribution is 2.45. The Morgan fingerprint density at radius 3 is 1.42 bits per heavy atom. The first-order chi connectivity index (χ1) is 27.3. The second-order valence-electron chi connectivity index (χ2n) is 14.0. The second kappa shape index (κ2) is 12.6. The zero-order valence-corrected chi connectivity index (χ0v) is 29.8. The molecule has 11 aromatic rings. The summed E-state index contributed by atoms with van der Waals surface area (Å²) < 4.78 is 2.42. The smallest absolute Gasteiger partial charge is 0.165 e. The van der Waals surface area contributed by atoms with E-state index in [9.17, 15) is 0 Å². The monoisotopic (exact) mass is 700 g/mol. The summed E-state index contributed by atoms with van der Waals surface area (Å²) in [6, 6.07) is 68.6. The first-order valence-corrected chi connectivity index (χ1v) is 18.6. The normalized spacial score (nSPS) is 11.6. The van der Waals surface area contributed by atoms with Gasteiger partial charge in [-0.05, 0) is 50.7 Å². The van der Waals surface area contributed by atoms with Crippen molar-refractivity contribution in [2.24, 2.45) is 0 Å². The van der Waals surface area contributed by atoms with E-state index in [1.165, 1.54) is 38.0 Å². The van der Waals surface area contributed by atoms with E-state index >= 15 is 0 Å². The molecule has 0 aliphatic heterocycles. The fourth-order valence-corrected chi connectivity index (χ4v) is 8.37. The number of aromatic nitrogens is 4. The van der Waals surface area contributed by atoms with Crippen molar-refractivity contribution in [1.29, 1.82) is 0 Å². The zero-order chi connectivity index (χ0) is 36.3. The van der Waals surface area contributed by atoms with Gasteiger partial charge in [0.05, 0.1) is 11.0 Å². The maximum atomic E-state index is 5.27. The molecule has 2 heterocycles. The quantitative estimate of drug-likeness (QED) is 0.168. The summed E-state index contributed by atoms with van der Waals surface area (Å²) in [5, 5.41) is 9.55. The summed E-state index contributed by atoms with van der Waals surface area (Å²) in [5.41, 5.74) is 8.57. The molecule has 0 N–H and O–H groups in total. The van der Waals surface area contributed by atoms with E-state index in [-0.39, 0.29) is 0 Å². The molecular formula is C51H32N4. The molecule has 4 heteroatoms. The molecule has 0 bridgehead atoms. The largest absolute Gasteiger partial charge is 0.309 e. The van der Waals surface area contributed by atoms with Gasteiger partial charge in [-0.25, -0.2) is 15.0 Å². The van der Waals surface area contributed by atoms with Crippen molar-refractivity contribution in [3.63, 3.8) is 0 Å². The van der Waals surface area contributed by atoms with E-state index in [1.807, 2.05) is 36.4 Å². The zero-order valence-electron chi connectivity index (χ0n) is 29.8. The molecule has 0 fully saturated rings. The van der Waals surface area contributed by atoms with E-state index in [2.05, 4.69) is 162 Å². The van der Waals surface area contributed by atoms with E-state index < -0.39 is 0 Å². The van der Waals surface area contributed by atoms with E-state index in [0.29, 0.717) is 17.5 Å². The highest BCUT2D eigenvalue weighted by molar-refractivity contribution is 6.21. The Morgan fingerprint density at radius 2 is 0.782 bits per heavy atom. The Morgan fingerprint density at radius 1 is 0.291 bits per heavy atom. The van der Waals surface area contributed by atoms with Crippen LogP contribution in [0.2, 0.25) is 0 Å². The van der Waals surface area contributed by atoms with Crippen molar-refractivity contribution >= 4 is 54.1 Å². The van der Waals surface area contributed by atoms with E-state index in [0.717, 1.165) is 49.7 Å². The number of hydrogen-bond donors (Lipinski definition) is 0. The van der Waals surface area contributed by atoms with Crippen molar-refractivity contribution < 1.29 is 0 Å². The summed E-state index contributed by atoms with van der Waals surface area (Å²) in [6.07, 6.45) is 0. The SMILES string of the molecule is c1ccc(-c2nc(-c3ccccc3)nc(-c3c(-c4ccc(-n5c6ccccc6c6ccc7ccccc7c65)cc4)c4ccccc4c4ccccc34)n2)cc1. The Kier molecular flexibility index (Phi) is 7.14. The van der Waals surface area contributed by atoms with Gasteiger partial charge >= 0.3 is 0 Å². The maximum Gasteiger partial charge on any atom is 0.165 e. The lowest BCUT2D eigenvalue weighted by Crippen LogP contribution is -2.02. The number of fused-ring (bicyclic) bond motifs is 8. The molecule has 2 aromatic heterocycles. The Hall–Kier alpha value is -7.43. The molecule has 0 aliphatic carbocycles. The van der Waals surface area contributed by atoms with Crippen molar-refractivity contribution in [1.82, 2.24) is 19.5 Å². The van der Waals surface area contributed by atoms with Crippen LogP contribution in [0.5, 0.6) is 0 Å². The van der Waals surface area contributed by atoms with Crippen LogP contribution in [0.1, 0.15) is 0 Å². The minimum Gasteiger partial charge on any atom is -0.309 e. The first kappa shape index (κ1) is 31.1. The van der Waals surface area contributed by atoms with Crippen LogP contribution in [-0.4, -0.2) is 19.5 Å². The lowest BCUT2D eigenvalue weighted by Gasteiger charge is -2.19. The minimum absolute atomic E-state index is 0.640. The van der Waals surface area contributed by atoms with Crippen LogP contribution in [0.3, 0.4) is 0 Å². The number of benzene rings is 9. The van der Waals surface area contributed by atoms with Crippen LogP contribution in [-0.2, 0) is 0 Å². The third kappa shape index (κ3) is 5.03. The highest BCUT2D eigenvalue weighted by Gasteiger charge is 2.22. The van der Waals surface area contributed by atoms with E-state index in [1.54, 1.807) is 0 Å². The number of hydrogen-bond acceptors (Lipinski definition) is 3.